The summed E-state index contributed by atoms with van der Waals surface area (Å²) >= 11 is 0. The van der Waals surface area contributed by atoms with Crippen LogP contribution in [0.4, 0.5) is 0 Å². The summed E-state index contributed by atoms with van der Waals surface area (Å²) in [6, 6.07) is 6.02. The third kappa shape index (κ3) is 6.22. The smallest absolute Gasteiger partial charge is 0.218 e. The molecule has 7 heteroatoms. The number of hydrogen-bond acceptors (Lipinski definition) is 7. The highest BCUT2D eigenvalue weighted by molar-refractivity contribution is 5.46. The first kappa shape index (κ1) is 25.1. The van der Waals surface area contributed by atoms with E-state index in [4.69, 9.17) is 14.7 Å². The predicted octanol–water partition coefficient (Wildman–Crippen LogP) is 4.33. The molecule has 3 aliphatic carbocycles. The molecule has 0 aromatic carbocycles. The fourth-order valence-electron chi connectivity index (χ4n) is 5.22. The summed E-state index contributed by atoms with van der Waals surface area (Å²) in [7, 11) is 0. The minimum Gasteiger partial charge on any atom is -0.491 e. The molecule has 1 aromatic heterocycles. The number of aliphatic hydroxyl groups is 1. The van der Waals surface area contributed by atoms with Gasteiger partial charge in [-0.3, -0.25) is 0 Å². The Balaban J connectivity index is 1.04. The Labute approximate surface area is 218 Å². The number of nitrogens with one attached hydrogen (secondary N) is 2. The predicted molar refractivity (Wildman–Crippen MR) is 142 cm³/mol. The molecule has 4 atom stereocenters. The molecule has 0 saturated heterocycles. The highest BCUT2D eigenvalue weighted by atomic mass is 16.5. The van der Waals surface area contributed by atoms with Crippen molar-refractivity contribution in [1.29, 1.82) is 5.26 Å². The van der Waals surface area contributed by atoms with Gasteiger partial charge in [0.2, 0.25) is 5.88 Å². The summed E-state index contributed by atoms with van der Waals surface area (Å²) in [4.78, 5) is 4.17. The van der Waals surface area contributed by atoms with Crippen LogP contribution in [0.15, 0.2) is 89.2 Å². The minimum absolute atomic E-state index is 0.235. The van der Waals surface area contributed by atoms with Gasteiger partial charge in [0.15, 0.2) is 0 Å². The molecule has 2 unspecified atom stereocenters. The van der Waals surface area contributed by atoms with Gasteiger partial charge in [0.05, 0.1) is 11.6 Å². The van der Waals surface area contributed by atoms with Crippen LogP contribution in [-0.4, -0.2) is 41.4 Å². The Morgan fingerprint density at radius 2 is 2.11 bits per heavy atom. The second-order valence-electron chi connectivity index (χ2n) is 10.0. The van der Waals surface area contributed by atoms with Gasteiger partial charge < -0.3 is 25.2 Å². The van der Waals surface area contributed by atoms with Crippen LogP contribution >= 0.6 is 0 Å². The largest absolute Gasteiger partial charge is 0.491 e. The molecule has 0 fully saturated rings. The Bertz CT molecular complexity index is 1220. The normalized spacial score (nSPS) is 23.5. The molecule has 192 valence electrons. The summed E-state index contributed by atoms with van der Waals surface area (Å²) in [5.74, 6) is 2.60. The van der Waals surface area contributed by atoms with Crippen molar-refractivity contribution in [2.24, 2.45) is 5.92 Å². The second kappa shape index (κ2) is 11.6. The maximum absolute atomic E-state index is 10.6. The Hall–Kier alpha value is -3.60. The van der Waals surface area contributed by atoms with Gasteiger partial charge in [0.1, 0.15) is 30.3 Å². The lowest BCUT2D eigenvalue weighted by atomic mass is 9.87. The van der Waals surface area contributed by atoms with Crippen molar-refractivity contribution >= 4 is 0 Å². The van der Waals surface area contributed by atoms with E-state index in [1.54, 1.807) is 12.1 Å². The molecule has 4 aliphatic rings. The first-order valence-electron chi connectivity index (χ1n) is 13.1. The third-order valence-corrected chi connectivity index (χ3v) is 7.12. The van der Waals surface area contributed by atoms with Gasteiger partial charge in [-0.25, -0.2) is 4.98 Å². The highest BCUT2D eigenvalue weighted by Gasteiger charge is 2.36. The molecule has 1 aromatic rings. The summed E-state index contributed by atoms with van der Waals surface area (Å²) in [5, 5.41) is 26.5. The first-order chi connectivity index (χ1) is 18.1. The number of pyridine rings is 1. The number of hydrogen-bond donors (Lipinski definition) is 3. The van der Waals surface area contributed by atoms with Crippen LogP contribution in [0.25, 0.3) is 0 Å². The van der Waals surface area contributed by atoms with Crippen molar-refractivity contribution in [3.05, 3.63) is 94.8 Å². The summed E-state index contributed by atoms with van der Waals surface area (Å²) in [5.41, 5.74) is 4.39. The van der Waals surface area contributed by atoms with E-state index in [2.05, 4.69) is 65.1 Å². The van der Waals surface area contributed by atoms with Crippen molar-refractivity contribution in [2.45, 2.75) is 57.2 Å². The average Bonchev–Trinajstić information content (AvgIpc) is 3.31. The number of ether oxygens (including phenoxy) is 2. The molecular weight excluding hydrogens is 464 g/mol. The standard InChI is InChI=1S/C30H34N4O3/c1-20(15-21-9-12-24(13-10-21)37-29-14-11-22(16-31)17-33-29)32-18-23(35)19-36-28-8-4-7-27-30(28)25-5-2-3-6-26(25)34-27/h2-3,5-6,8-9,11-12,14,17,20,23,25-26,32,34-35H,4,7,10,13,15,18-19H2,1H3/t20-,23+,25?,26?/m1/s1. The molecule has 0 saturated carbocycles. The van der Waals surface area contributed by atoms with E-state index in [1.165, 1.54) is 23.0 Å². The average molecular weight is 499 g/mol. The SMILES string of the molecule is C[C@H](CC1=CC=C(Oc2ccc(C#N)cn2)CC1)NC[C@H](O)COC1=CCCC2=C1C1C=CC=CC1N2. The monoisotopic (exact) mass is 498 g/mol. The summed E-state index contributed by atoms with van der Waals surface area (Å²) in [6.07, 6.45) is 20.4. The molecule has 0 spiro atoms. The second-order valence-corrected chi connectivity index (χ2v) is 10.0. The Kier molecular flexibility index (Phi) is 7.88. The fourth-order valence-corrected chi connectivity index (χ4v) is 5.22. The molecule has 3 N–H and O–H groups in total. The third-order valence-electron chi connectivity index (χ3n) is 7.12. The lowest BCUT2D eigenvalue weighted by Crippen LogP contribution is -2.36. The topological polar surface area (TPSA) is 99.4 Å². The highest BCUT2D eigenvalue weighted by Crippen LogP contribution is 2.39. The maximum atomic E-state index is 10.6. The molecule has 5 rings (SSSR count). The number of aromatic nitrogens is 1. The van der Waals surface area contributed by atoms with E-state index < -0.39 is 6.10 Å². The molecule has 0 radical (unpaired) electrons. The lowest BCUT2D eigenvalue weighted by Gasteiger charge is -2.24. The zero-order chi connectivity index (χ0) is 25.6. The van der Waals surface area contributed by atoms with E-state index in [0.29, 0.717) is 29.9 Å². The maximum Gasteiger partial charge on any atom is 0.218 e. The molecule has 1 aliphatic heterocycles. The van der Waals surface area contributed by atoms with E-state index in [9.17, 15) is 5.11 Å². The number of allylic oxidation sites excluding steroid dienone is 8. The van der Waals surface area contributed by atoms with Gasteiger partial charge >= 0.3 is 0 Å². The van der Waals surface area contributed by atoms with Gasteiger partial charge in [-0.1, -0.05) is 36.0 Å². The molecule has 0 bridgehead atoms. The Morgan fingerprint density at radius 1 is 1.22 bits per heavy atom. The van der Waals surface area contributed by atoms with E-state index >= 15 is 0 Å². The number of aliphatic hydroxyl groups excluding tert-OH is 1. The van der Waals surface area contributed by atoms with Crippen LogP contribution < -0.4 is 15.4 Å². The van der Waals surface area contributed by atoms with Crippen molar-refractivity contribution in [1.82, 2.24) is 15.6 Å². The molecule has 0 amide bonds. The molecule has 2 heterocycles. The number of nitriles is 1. The summed E-state index contributed by atoms with van der Waals surface area (Å²) in [6.45, 7) is 2.89. The van der Waals surface area contributed by atoms with E-state index in [0.717, 1.165) is 43.6 Å². The van der Waals surface area contributed by atoms with E-state index in [-0.39, 0.29) is 12.6 Å². The number of nitrogens with zero attached hydrogens (tertiary/aromatic N) is 2. The van der Waals surface area contributed by atoms with Gasteiger partial charge in [0.25, 0.3) is 0 Å². The molecule has 37 heavy (non-hydrogen) atoms. The zero-order valence-electron chi connectivity index (χ0n) is 21.2. The number of fused-ring (bicyclic) bond motifs is 2. The Morgan fingerprint density at radius 3 is 2.89 bits per heavy atom. The van der Waals surface area contributed by atoms with Crippen molar-refractivity contribution in [3.63, 3.8) is 0 Å². The zero-order valence-corrected chi connectivity index (χ0v) is 21.2. The van der Waals surface area contributed by atoms with Crippen molar-refractivity contribution in [2.75, 3.05) is 13.2 Å². The van der Waals surface area contributed by atoms with Crippen LogP contribution in [0.3, 0.4) is 0 Å². The fraction of sp³-hybridized carbons (Fsp3) is 0.400. The lowest BCUT2D eigenvalue weighted by molar-refractivity contribution is 0.0707. The van der Waals surface area contributed by atoms with Crippen molar-refractivity contribution < 1.29 is 14.6 Å². The van der Waals surface area contributed by atoms with E-state index in [1.807, 2.05) is 6.08 Å². The van der Waals surface area contributed by atoms with Crippen LogP contribution in [0.5, 0.6) is 5.88 Å². The van der Waals surface area contributed by atoms with Gasteiger partial charge in [0, 0.05) is 48.5 Å². The van der Waals surface area contributed by atoms with Gasteiger partial charge in [-0.05, 0) is 50.8 Å². The van der Waals surface area contributed by atoms with Gasteiger partial charge in [-0.2, -0.15) is 5.26 Å². The van der Waals surface area contributed by atoms with Crippen molar-refractivity contribution in [3.8, 4) is 11.9 Å². The van der Waals surface area contributed by atoms with Crippen LogP contribution in [0, 0.1) is 17.2 Å². The van der Waals surface area contributed by atoms with Crippen LogP contribution in [-0.2, 0) is 4.74 Å². The van der Waals surface area contributed by atoms with Crippen LogP contribution in [0.2, 0.25) is 0 Å². The summed E-state index contributed by atoms with van der Waals surface area (Å²) < 4.78 is 12.0. The minimum atomic E-state index is -0.582. The van der Waals surface area contributed by atoms with Gasteiger partial charge in [-0.15, -0.1) is 0 Å². The molecular formula is C30H34N4O3. The number of rotatable bonds is 10. The molecule has 7 nitrogen and oxygen atoms in total. The van der Waals surface area contributed by atoms with Crippen LogP contribution in [0.1, 0.15) is 44.6 Å². The first-order valence-corrected chi connectivity index (χ1v) is 13.1. The quantitative estimate of drug-likeness (QED) is 0.442.